The van der Waals surface area contributed by atoms with E-state index < -0.39 is 0 Å². The Morgan fingerprint density at radius 2 is 2.19 bits per heavy atom. The van der Waals surface area contributed by atoms with Crippen molar-refractivity contribution < 1.29 is 9.53 Å². The molecule has 3 aromatic rings. The first-order valence-corrected chi connectivity index (χ1v) is 9.50. The lowest BCUT2D eigenvalue weighted by atomic mass is 9.93. The van der Waals surface area contributed by atoms with Gasteiger partial charge in [0.25, 0.3) is 5.91 Å². The average Bonchev–Trinajstić information content (AvgIpc) is 3.32. The summed E-state index contributed by atoms with van der Waals surface area (Å²) in [6.07, 6.45) is 4.60. The molecule has 0 aliphatic carbocycles. The predicted octanol–water partition coefficient (Wildman–Crippen LogP) is 2.90. The number of aromatic nitrogens is 3. The Balaban J connectivity index is 1.46. The minimum absolute atomic E-state index is 0.0178. The molecule has 2 atom stereocenters. The monoisotopic (exact) mass is 364 g/mol. The second kappa shape index (κ2) is 7.88. The summed E-state index contributed by atoms with van der Waals surface area (Å²) in [5.41, 5.74) is 3.67. The molecule has 1 aliphatic heterocycles. The molecular formula is C21H24N4O2. The quantitative estimate of drug-likeness (QED) is 0.705. The van der Waals surface area contributed by atoms with Crippen molar-refractivity contribution in [3.8, 4) is 0 Å². The highest BCUT2D eigenvalue weighted by Gasteiger charge is 2.30. The molecule has 2 N–H and O–H groups in total. The molecule has 0 saturated carbocycles. The molecule has 27 heavy (non-hydrogen) atoms. The molecule has 1 amide bonds. The Kier molecular flexibility index (Phi) is 5.16. The van der Waals surface area contributed by atoms with Crippen LogP contribution in [-0.4, -0.2) is 40.3 Å². The van der Waals surface area contributed by atoms with Crippen LogP contribution in [0.3, 0.4) is 0 Å². The van der Waals surface area contributed by atoms with Crippen LogP contribution < -0.4 is 5.32 Å². The Bertz CT molecular complexity index is 931. The maximum absolute atomic E-state index is 12.6. The van der Waals surface area contributed by atoms with Crippen molar-refractivity contribution >= 4 is 16.8 Å². The number of nitrogens with one attached hydrogen (secondary N) is 2. The fraction of sp³-hybridized carbons (Fsp3) is 0.381. The van der Waals surface area contributed by atoms with Crippen LogP contribution in [0.25, 0.3) is 10.9 Å². The van der Waals surface area contributed by atoms with Crippen molar-refractivity contribution in [2.45, 2.75) is 32.2 Å². The van der Waals surface area contributed by atoms with Crippen molar-refractivity contribution in [1.82, 2.24) is 20.5 Å². The molecule has 0 radical (unpaired) electrons. The molecule has 2 aromatic heterocycles. The summed E-state index contributed by atoms with van der Waals surface area (Å²) in [5.74, 6) is 0.0856. The van der Waals surface area contributed by atoms with Crippen LogP contribution in [0, 0.1) is 5.92 Å². The largest absolute Gasteiger partial charge is 0.379 e. The number of amides is 1. The number of pyridine rings is 1. The van der Waals surface area contributed by atoms with E-state index in [0.29, 0.717) is 18.9 Å². The lowest BCUT2D eigenvalue weighted by Crippen LogP contribution is -2.40. The van der Waals surface area contributed by atoms with Crippen LogP contribution in [0.4, 0.5) is 0 Å². The van der Waals surface area contributed by atoms with Gasteiger partial charge in [-0.3, -0.25) is 14.9 Å². The summed E-state index contributed by atoms with van der Waals surface area (Å²) < 4.78 is 5.68. The number of benzene rings is 1. The molecule has 140 valence electrons. The summed E-state index contributed by atoms with van der Waals surface area (Å²) in [4.78, 5) is 17.0. The Morgan fingerprint density at radius 3 is 3.07 bits per heavy atom. The van der Waals surface area contributed by atoms with Gasteiger partial charge in [-0.05, 0) is 36.6 Å². The van der Waals surface area contributed by atoms with Crippen LogP contribution in [0.15, 0.2) is 42.6 Å². The Labute approximate surface area is 158 Å². The van der Waals surface area contributed by atoms with Crippen LogP contribution in [0.1, 0.15) is 35.1 Å². The maximum atomic E-state index is 12.6. The molecule has 6 heteroatoms. The van der Waals surface area contributed by atoms with Gasteiger partial charge in [0, 0.05) is 23.2 Å². The predicted molar refractivity (Wildman–Crippen MR) is 104 cm³/mol. The van der Waals surface area contributed by atoms with E-state index in [0.717, 1.165) is 35.9 Å². The molecule has 1 saturated heterocycles. The number of nitrogens with zero attached hydrogens (tertiary/aromatic N) is 2. The van der Waals surface area contributed by atoms with E-state index in [-0.39, 0.29) is 17.9 Å². The van der Waals surface area contributed by atoms with Crippen LogP contribution in [-0.2, 0) is 17.6 Å². The minimum atomic E-state index is -0.145. The van der Waals surface area contributed by atoms with E-state index in [1.807, 2.05) is 30.5 Å². The first kappa shape index (κ1) is 17.7. The first-order chi connectivity index (χ1) is 13.2. The topological polar surface area (TPSA) is 79.9 Å². The smallest absolute Gasteiger partial charge is 0.272 e. The number of hydrogen-bond donors (Lipinski definition) is 2. The second-order valence-corrected chi connectivity index (χ2v) is 7.10. The summed E-state index contributed by atoms with van der Waals surface area (Å²) in [7, 11) is 0. The highest BCUT2D eigenvalue weighted by molar-refractivity contribution is 5.92. The van der Waals surface area contributed by atoms with Crippen LogP contribution in [0.2, 0.25) is 0 Å². The third kappa shape index (κ3) is 3.85. The standard InChI is InChI=1S/C21H24N4O2/c1-2-5-16-11-19(25-24-16)21(26)23-20-13-27-12-15(20)10-14-8-9-22-18-7-4-3-6-17(14)18/h3-4,6-9,11,15,20H,2,5,10,12-13H2,1H3,(H,23,26)(H,24,25)/t15-,20-/m1/s1. The number of ether oxygens (including phenoxy) is 1. The highest BCUT2D eigenvalue weighted by atomic mass is 16.5. The molecule has 0 unspecified atom stereocenters. The van der Waals surface area contributed by atoms with Gasteiger partial charge in [-0.25, -0.2) is 0 Å². The zero-order valence-corrected chi connectivity index (χ0v) is 15.4. The molecular weight excluding hydrogens is 340 g/mol. The third-order valence-corrected chi connectivity index (χ3v) is 5.12. The molecule has 6 nitrogen and oxygen atoms in total. The van der Waals surface area contributed by atoms with E-state index in [4.69, 9.17) is 4.74 Å². The first-order valence-electron chi connectivity index (χ1n) is 9.50. The highest BCUT2D eigenvalue weighted by Crippen LogP contribution is 2.24. The molecule has 1 aliphatic rings. The van der Waals surface area contributed by atoms with Gasteiger partial charge in [-0.15, -0.1) is 0 Å². The van der Waals surface area contributed by atoms with E-state index in [1.54, 1.807) is 0 Å². The normalized spacial score (nSPS) is 19.4. The molecule has 1 fully saturated rings. The van der Waals surface area contributed by atoms with E-state index in [1.165, 1.54) is 5.56 Å². The maximum Gasteiger partial charge on any atom is 0.272 e. The van der Waals surface area contributed by atoms with Crippen LogP contribution in [0.5, 0.6) is 0 Å². The lowest BCUT2D eigenvalue weighted by molar-refractivity contribution is 0.0920. The van der Waals surface area contributed by atoms with Gasteiger partial charge in [0.15, 0.2) is 0 Å². The number of aryl methyl sites for hydroxylation is 1. The van der Waals surface area contributed by atoms with E-state index in [2.05, 4.69) is 39.6 Å². The second-order valence-electron chi connectivity index (χ2n) is 7.10. The summed E-state index contributed by atoms with van der Waals surface area (Å²) in [6, 6.07) is 12.0. The number of H-pyrrole nitrogens is 1. The fourth-order valence-electron chi connectivity index (χ4n) is 3.69. The zero-order chi connectivity index (χ0) is 18.6. The average molecular weight is 364 g/mol. The molecule has 3 heterocycles. The number of fused-ring (bicyclic) bond motifs is 1. The summed E-state index contributed by atoms with van der Waals surface area (Å²) in [6.45, 7) is 3.28. The molecule has 0 bridgehead atoms. The number of hydrogen-bond acceptors (Lipinski definition) is 4. The third-order valence-electron chi connectivity index (χ3n) is 5.12. The van der Waals surface area contributed by atoms with Crippen LogP contribution >= 0.6 is 0 Å². The number of carbonyl (C=O) groups excluding carboxylic acids is 1. The van der Waals surface area contributed by atoms with E-state index in [9.17, 15) is 4.79 Å². The number of rotatable bonds is 6. The van der Waals surface area contributed by atoms with Crippen molar-refractivity contribution in [2.75, 3.05) is 13.2 Å². The SMILES string of the molecule is CCCc1cc(C(=O)N[C@@H]2COC[C@H]2Cc2ccnc3ccccc23)n[nH]1. The molecule has 4 rings (SSSR count). The lowest BCUT2D eigenvalue weighted by Gasteiger charge is -2.19. The molecule has 1 aromatic carbocycles. The van der Waals surface area contributed by atoms with Crippen molar-refractivity contribution in [2.24, 2.45) is 5.92 Å². The van der Waals surface area contributed by atoms with Gasteiger partial charge in [0.05, 0.1) is 24.8 Å². The summed E-state index contributed by atoms with van der Waals surface area (Å²) >= 11 is 0. The van der Waals surface area contributed by atoms with Gasteiger partial charge in [-0.2, -0.15) is 5.10 Å². The van der Waals surface area contributed by atoms with Gasteiger partial charge in [-0.1, -0.05) is 31.5 Å². The zero-order valence-electron chi connectivity index (χ0n) is 15.4. The van der Waals surface area contributed by atoms with Gasteiger partial charge in [0.1, 0.15) is 5.69 Å². The van der Waals surface area contributed by atoms with Crippen molar-refractivity contribution in [3.05, 3.63) is 59.5 Å². The van der Waals surface area contributed by atoms with E-state index >= 15 is 0 Å². The van der Waals surface area contributed by atoms with Gasteiger partial charge < -0.3 is 10.1 Å². The number of carbonyl (C=O) groups is 1. The fourth-order valence-corrected chi connectivity index (χ4v) is 3.69. The Hall–Kier alpha value is -2.73. The van der Waals surface area contributed by atoms with Gasteiger partial charge in [0.2, 0.25) is 0 Å². The van der Waals surface area contributed by atoms with Crippen molar-refractivity contribution in [1.29, 1.82) is 0 Å². The minimum Gasteiger partial charge on any atom is -0.379 e. The molecule has 0 spiro atoms. The number of aromatic amines is 1. The van der Waals surface area contributed by atoms with Crippen molar-refractivity contribution in [3.63, 3.8) is 0 Å². The number of para-hydroxylation sites is 1. The summed E-state index contributed by atoms with van der Waals surface area (Å²) in [5, 5.41) is 11.3. The Morgan fingerprint density at radius 1 is 1.30 bits per heavy atom. The van der Waals surface area contributed by atoms with Gasteiger partial charge >= 0.3 is 0 Å².